The van der Waals surface area contributed by atoms with Crippen LogP contribution >= 0.6 is 22.6 Å². The van der Waals surface area contributed by atoms with Gasteiger partial charge in [0.15, 0.2) is 0 Å². The summed E-state index contributed by atoms with van der Waals surface area (Å²) in [7, 11) is -3.54. The second-order valence-electron chi connectivity index (χ2n) is 6.00. The maximum atomic E-state index is 12.6. The second kappa shape index (κ2) is 7.51. The molecule has 1 aliphatic heterocycles. The van der Waals surface area contributed by atoms with Crippen LogP contribution in [-0.2, 0) is 14.8 Å². The third-order valence-corrected chi connectivity index (χ3v) is 6.59. The molecule has 2 aromatic carbocycles. The molecule has 128 valence electrons. The van der Waals surface area contributed by atoms with Gasteiger partial charge in [-0.15, -0.1) is 0 Å². The smallest absolute Gasteiger partial charge is 0.240 e. The molecule has 0 spiro atoms. The first-order valence-corrected chi connectivity index (χ1v) is 10.9. The highest BCUT2D eigenvalue weighted by Crippen LogP contribution is 2.34. The van der Waals surface area contributed by atoms with Crippen LogP contribution in [0.25, 0.3) is 0 Å². The van der Waals surface area contributed by atoms with Gasteiger partial charge in [0.05, 0.1) is 23.1 Å². The first-order chi connectivity index (χ1) is 11.5. The van der Waals surface area contributed by atoms with Crippen LogP contribution in [0.4, 0.5) is 0 Å². The number of alkyl halides is 1. The summed E-state index contributed by atoms with van der Waals surface area (Å²) < 4.78 is 34.9. The highest BCUT2D eigenvalue weighted by molar-refractivity contribution is 14.1. The number of aryl methyl sites for hydroxylation is 1. The summed E-state index contributed by atoms with van der Waals surface area (Å²) in [4.78, 5) is 0.295. The molecule has 3 atom stereocenters. The van der Waals surface area contributed by atoms with Gasteiger partial charge in [-0.05, 0) is 31.0 Å². The lowest BCUT2D eigenvalue weighted by Crippen LogP contribution is -2.41. The van der Waals surface area contributed by atoms with Crippen LogP contribution in [0.1, 0.15) is 23.7 Å². The van der Waals surface area contributed by atoms with Crippen LogP contribution in [0, 0.1) is 6.92 Å². The molecule has 0 amide bonds. The van der Waals surface area contributed by atoms with E-state index in [1.807, 2.05) is 49.4 Å². The summed E-state index contributed by atoms with van der Waals surface area (Å²) in [6, 6.07) is 16.6. The molecule has 0 unspecified atom stereocenters. The molecular weight excluding hydrogens is 437 g/mol. The standard InChI is InChI=1S/C18H20INO3S/c1-13-7-9-15(10-8-13)24(21,22)20-16-11-17(23-18(16)12-19)14-5-3-2-4-6-14/h2-10,16-18,20H,11-12H2,1H3/t16-,17+,18+/m1/s1. The van der Waals surface area contributed by atoms with E-state index in [1.165, 1.54) is 0 Å². The van der Waals surface area contributed by atoms with Gasteiger partial charge in [0, 0.05) is 4.43 Å². The number of rotatable bonds is 5. The molecule has 3 rings (SSSR count). The maximum absolute atomic E-state index is 12.6. The van der Waals surface area contributed by atoms with Crippen molar-refractivity contribution in [3.05, 3.63) is 65.7 Å². The summed E-state index contributed by atoms with van der Waals surface area (Å²) in [5.41, 5.74) is 2.12. The van der Waals surface area contributed by atoms with Crippen molar-refractivity contribution in [2.75, 3.05) is 4.43 Å². The zero-order valence-corrected chi connectivity index (χ0v) is 16.3. The number of sulfonamides is 1. The quantitative estimate of drug-likeness (QED) is 0.552. The lowest BCUT2D eigenvalue weighted by atomic mass is 10.0. The normalized spacial score (nSPS) is 24.2. The number of ether oxygens (including phenoxy) is 1. The second-order valence-corrected chi connectivity index (χ2v) is 8.60. The van der Waals surface area contributed by atoms with Gasteiger partial charge < -0.3 is 4.74 Å². The molecular formula is C18H20INO3S. The van der Waals surface area contributed by atoms with Gasteiger partial charge in [0.2, 0.25) is 10.0 Å². The van der Waals surface area contributed by atoms with Crippen LogP contribution in [0.3, 0.4) is 0 Å². The Morgan fingerprint density at radius 3 is 2.42 bits per heavy atom. The number of halogens is 1. The van der Waals surface area contributed by atoms with Gasteiger partial charge >= 0.3 is 0 Å². The Balaban J connectivity index is 1.77. The number of benzene rings is 2. The molecule has 1 aliphatic rings. The van der Waals surface area contributed by atoms with Crippen LogP contribution in [0.5, 0.6) is 0 Å². The van der Waals surface area contributed by atoms with Crippen molar-refractivity contribution in [3.8, 4) is 0 Å². The molecule has 6 heteroatoms. The van der Waals surface area contributed by atoms with E-state index in [0.717, 1.165) is 15.6 Å². The minimum absolute atomic E-state index is 0.0725. The van der Waals surface area contributed by atoms with Gasteiger partial charge in [-0.2, -0.15) is 0 Å². The first kappa shape index (κ1) is 17.8. The van der Waals surface area contributed by atoms with E-state index in [4.69, 9.17) is 4.74 Å². The average Bonchev–Trinajstić information content (AvgIpc) is 2.98. The van der Waals surface area contributed by atoms with Gasteiger partial charge in [-0.3, -0.25) is 0 Å². The largest absolute Gasteiger partial charge is 0.368 e. The van der Waals surface area contributed by atoms with E-state index in [9.17, 15) is 8.42 Å². The van der Waals surface area contributed by atoms with E-state index >= 15 is 0 Å². The van der Waals surface area contributed by atoms with E-state index in [2.05, 4.69) is 27.3 Å². The van der Waals surface area contributed by atoms with Crippen molar-refractivity contribution >= 4 is 32.6 Å². The Labute approximate surface area is 156 Å². The highest BCUT2D eigenvalue weighted by atomic mass is 127. The fourth-order valence-corrected chi connectivity index (χ4v) is 4.98. The van der Waals surface area contributed by atoms with Crippen molar-refractivity contribution in [2.45, 2.75) is 36.5 Å². The number of hydrogen-bond acceptors (Lipinski definition) is 3. The molecule has 0 saturated carbocycles. The molecule has 1 N–H and O–H groups in total. The van der Waals surface area contributed by atoms with Crippen LogP contribution in [0.15, 0.2) is 59.5 Å². The van der Waals surface area contributed by atoms with E-state index in [0.29, 0.717) is 11.3 Å². The Hall–Kier alpha value is -0.960. The van der Waals surface area contributed by atoms with E-state index in [-0.39, 0.29) is 18.2 Å². The monoisotopic (exact) mass is 457 g/mol. The fourth-order valence-electron chi connectivity index (χ4n) is 2.88. The van der Waals surface area contributed by atoms with Crippen molar-refractivity contribution in [1.82, 2.24) is 4.72 Å². The lowest BCUT2D eigenvalue weighted by Gasteiger charge is -2.17. The maximum Gasteiger partial charge on any atom is 0.240 e. The molecule has 24 heavy (non-hydrogen) atoms. The first-order valence-electron chi connectivity index (χ1n) is 7.85. The Bertz CT molecular complexity index is 778. The van der Waals surface area contributed by atoms with Crippen molar-refractivity contribution in [2.24, 2.45) is 0 Å². The third-order valence-electron chi connectivity index (χ3n) is 4.22. The van der Waals surface area contributed by atoms with Gasteiger partial charge in [0.25, 0.3) is 0 Å². The Kier molecular flexibility index (Phi) is 5.59. The SMILES string of the molecule is Cc1ccc(S(=O)(=O)N[C@@H]2C[C@@H](c3ccccc3)O[C@H]2CI)cc1. The molecule has 1 saturated heterocycles. The lowest BCUT2D eigenvalue weighted by molar-refractivity contribution is 0.0556. The predicted molar refractivity (Wildman–Crippen MR) is 103 cm³/mol. The van der Waals surface area contributed by atoms with E-state index in [1.54, 1.807) is 12.1 Å². The van der Waals surface area contributed by atoms with Crippen LogP contribution < -0.4 is 4.72 Å². The van der Waals surface area contributed by atoms with Gasteiger partial charge in [0.1, 0.15) is 0 Å². The third kappa shape index (κ3) is 3.99. The number of hydrogen-bond donors (Lipinski definition) is 1. The zero-order chi connectivity index (χ0) is 17.2. The van der Waals surface area contributed by atoms with Crippen LogP contribution in [0.2, 0.25) is 0 Å². The molecule has 1 fully saturated rings. The molecule has 0 aliphatic carbocycles. The highest BCUT2D eigenvalue weighted by Gasteiger charge is 2.37. The minimum Gasteiger partial charge on any atom is -0.368 e. The summed E-state index contributed by atoms with van der Waals surface area (Å²) in [5.74, 6) is 0. The Morgan fingerprint density at radius 1 is 1.12 bits per heavy atom. The molecule has 0 bridgehead atoms. The molecule has 2 aromatic rings. The fraction of sp³-hybridized carbons (Fsp3) is 0.333. The van der Waals surface area contributed by atoms with E-state index < -0.39 is 10.0 Å². The average molecular weight is 457 g/mol. The molecule has 4 nitrogen and oxygen atoms in total. The van der Waals surface area contributed by atoms with Crippen molar-refractivity contribution < 1.29 is 13.2 Å². The van der Waals surface area contributed by atoms with Crippen LogP contribution in [-0.4, -0.2) is 25.0 Å². The van der Waals surface area contributed by atoms with Gasteiger partial charge in [-0.25, -0.2) is 13.1 Å². The summed E-state index contributed by atoms with van der Waals surface area (Å²) in [6.07, 6.45) is 0.440. The molecule has 0 radical (unpaired) electrons. The Morgan fingerprint density at radius 2 is 1.79 bits per heavy atom. The van der Waals surface area contributed by atoms with Gasteiger partial charge in [-0.1, -0.05) is 70.6 Å². The zero-order valence-electron chi connectivity index (χ0n) is 13.4. The minimum atomic E-state index is -3.54. The summed E-state index contributed by atoms with van der Waals surface area (Å²) in [6.45, 7) is 1.94. The molecule has 1 heterocycles. The summed E-state index contributed by atoms with van der Waals surface area (Å²) >= 11 is 2.24. The topological polar surface area (TPSA) is 55.4 Å². The van der Waals surface area contributed by atoms with Crippen molar-refractivity contribution in [1.29, 1.82) is 0 Å². The van der Waals surface area contributed by atoms with Crippen molar-refractivity contribution in [3.63, 3.8) is 0 Å². The summed E-state index contributed by atoms with van der Waals surface area (Å²) in [5, 5.41) is 0. The number of nitrogens with one attached hydrogen (secondary N) is 1. The molecule has 0 aromatic heterocycles. The predicted octanol–water partition coefficient (Wildman–Crippen LogP) is 3.61.